The van der Waals surface area contributed by atoms with Crippen LogP contribution in [0.3, 0.4) is 0 Å². The average Bonchev–Trinajstić information content (AvgIpc) is 3.78. The van der Waals surface area contributed by atoms with E-state index in [9.17, 15) is 63.0 Å². The first-order valence-corrected chi connectivity index (χ1v) is 24.7. The van der Waals surface area contributed by atoms with Gasteiger partial charge in [0, 0.05) is 48.8 Å². The highest BCUT2D eigenvalue weighted by Gasteiger charge is 2.67. The van der Waals surface area contributed by atoms with Gasteiger partial charge in [-0.2, -0.15) is 0 Å². The molecule has 0 aliphatic carbocycles. The van der Waals surface area contributed by atoms with Crippen molar-refractivity contribution in [3.63, 3.8) is 0 Å². The summed E-state index contributed by atoms with van der Waals surface area (Å²) in [6.45, 7) is 9.71. The predicted molar refractivity (Wildman–Crippen MR) is 255 cm³/mol. The van der Waals surface area contributed by atoms with Crippen molar-refractivity contribution in [2.24, 2.45) is 0 Å². The lowest BCUT2D eigenvalue weighted by Crippen LogP contribution is -2.73. The molecule has 1 unspecified atom stereocenters. The van der Waals surface area contributed by atoms with Gasteiger partial charge in [-0.1, -0.05) is 60.7 Å². The van der Waals surface area contributed by atoms with Crippen LogP contribution in [-0.2, 0) is 47.9 Å². The van der Waals surface area contributed by atoms with Crippen LogP contribution in [0.5, 0.6) is 0 Å². The zero-order valence-electron chi connectivity index (χ0n) is 39.9. The Morgan fingerprint density at radius 1 is 0.625 bits per heavy atom. The Balaban J connectivity index is 1.13. The molecule has 2 aromatic carbocycles. The molecule has 12 amide bonds. The summed E-state index contributed by atoms with van der Waals surface area (Å²) in [4.78, 5) is 168. The van der Waals surface area contributed by atoms with E-state index in [1.54, 1.807) is 52.0 Å². The van der Waals surface area contributed by atoms with E-state index in [0.29, 0.717) is 9.80 Å². The summed E-state index contributed by atoms with van der Waals surface area (Å²) < 4.78 is -2.65. The third-order valence-corrected chi connectivity index (χ3v) is 16.3. The first-order valence-electron chi connectivity index (χ1n) is 22.9. The first kappa shape index (κ1) is 52.6. The average molecular weight is 1040 g/mol. The number of fused-ring (bicyclic) bond motifs is 1. The van der Waals surface area contributed by atoms with Crippen molar-refractivity contribution in [2.75, 3.05) is 39.3 Å². The largest absolute Gasteiger partial charge is 0.480 e. The number of rotatable bonds is 14. The molecule has 8 atom stereocenters. The lowest BCUT2D eigenvalue weighted by Gasteiger charge is -2.46. The number of imide groups is 2. The van der Waals surface area contributed by atoms with E-state index in [1.807, 2.05) is 0 Å². The molecule has 2 aromatic rings. The smallest absolute Gasteiger partial charge is 0.329 e. The van der Waals surface area contributed by atoms with Crippen molar-refractivity contribution in [2.45, 2.75) is 98.0 Å². The maximum absolute atomic E-state index is 15.2. The van der Waals surface area contributed by atoms with Crippen LogP contribution in [-0.4, -0.2) is 195 Å². The van der Waals surface area contributed by atoms with E-state index in [1.165, 1.54) is 64.9 Å². The third-order valence-electron chi connectivity index (χ3n) is 13.1. The minimum absolute atomic E-state index is 0.0250. The lowest BCUT2D eigenvalue weighted by atomic mass is 9.92. The van der Waals surface area contributed by atoms with Crippen LogP contribution in [0.1, 0.15) is 64.8 Å². The highest BCUT2D eigenvalue weighted by atomic mass is 32.2. The first-order chi connectivity index (χ1) is 33.9. The quantitative estimate of drug-likeness (QED) is 0.103. The number of nitrogens with one attached hydrogen (secondary N) is 4. The number of carboxylic acid groups (broad SMARTS) is 2. The number of carbonyl (C=O) groups excluding carboxylic acids is 10. The van der Waals surface area contributed by atoms with E-state index in [-0.39, 0.29) is 50.4 Å². The van der Waals surface area contributed by atoms with Crippen molar-refractivity contribution in [3.8, 4) is 0 Å². The molecule has 0 bridgehead atoms. The van der Waals surface area contributed by atoms with Crippen molar-refractivity contribution in [3.05, 3.63) is 71.8 Å². The van der Waals surface area contributed by atoms with Crippen LogP contribution in [0, 0.1) is 0 Å². The summed E-state index contributed by atoms with van der Waals surface area (Å²) in [6.07, 6.45) is 0. The summed E-state index contributed by atoms with van der Waals surface area (Å²) in [5.74, 6) is -11.0. The molecule has 24 nitrogen and oxygen atoms in total. The minimum Gasteiger partial charge on any atom is -0.480 e. The number of aliphatic carboxylic acids is 2. The van der Waals surface area contributed by atoms with Gasteiger partial charge in [0.1, 0.15) is 41.0 Å². The molecule has 0 spiro atoms. The number of amides is 12. The number of hydrogen-bond donors (Lipinski definition) is 6. The highest BCUT2D eigenvalue weighted by molar-refractivity contribution is 8.02. The molecule has 384 valence electrons. The predicted octanol–water partition coefficient (Wildman–Crippen LogP) is -0.481. The summed E-state index contributed by atoms with van der Waals surface area (Å²) >= 11 is 1.87. The number of β-lactam (4-membered cyclic amide) rings is 1. The third kappa shape index (κ3) is 9.75. The SMILES string of the molecule is CCN1CCN(C(=O)N[C@@H](C(=O)N[C@H](C(=O)O)[C@H]2SC(C)(C)C(C(=O)O)N2C(=O)[C@@H]2N3C(=O)[C@@H](NC(=O)[C@H](NC(=O)N4CCN(CC)C(=O)C4=O)c4ccccc4)[C@H]3SC2(C)C)c2ccccc2)C(=O)C1=O. The summed E-state index contributed by atoms with van der Waals surface area (Å²) in [5.41, 5.74) is 0.400. The number of hydrogen-bond acceptors (Lipinski definition) is 14. The number of carbonyl (C=O) groups is 12. The molecule has 5 heterocycles. The van der Waals surface area contributed by atoms with Gasteiger partial charge in [-0.3, -0.25) is 48.2 Å². The van der Waals surface area contributed by atoms with Crippen molar-refractivity contribution in [1.29, 1.82) is 0 Å². The molecule has 0 saturated carbocycles. The second kappa shape index (κ2) is 20.5. The Hall–Kier alpha value is -7.22. The van der Waals surface area contributed by atoms with Crippen molar-refractivity contribution < 1.29 is 67.7 Å². The topological polar surface area (TPSA) is 313 Å². The van der Waals surface area contributed by atoms with E-state index in [2.05, 4.69) is 21.3 Å². The monoisotopic (exact) mass is 1030 g/mol. The molecule has 7 rings (SSSR count). The number of nitrogens with zero attached hydrogens (tertiary/aromatic N) is 6. The van der Waals surface area contributed by atoms with Crippen molar-refractivity contribution in [1.82, 2.24) is 50.7 Å². The molecule has 5 aliphatic heterocycles. The second-order valence-corrected chi connectivity index (χ2v) is 22.0. The van der Waals surface area contributed by atoms with Crippen LogP contribution in [0.4, 0.5) is 9.59 Å². The number of carboxylic acids is 2. The molecule has 5 fully saturated rings. The molecule has 0 aromatic heterocycles. The Labute approximate surface area is 420 Å². The number of piperazine rings is 2. The number of thioether (sulfide) groups is 2. The van der Waals surface area contributed by atoms with Gasteiger partial charge in [0.15, 0.2) is 6.04 Å². The minimum atomic E-state index is -2.06. The molecule has 26 heteroatoms. The van der Waals surface area contributed by atoms with Gasteiger partial charge >= 0.3 is 47.6 Å². The normalized spacial score (nSPS) is 24.7. The highest BCUT2D eigenvalue weighted by Crippen LogP contribution is 2.54. The Morgan fingerprint density at radius 3 is 1.53 bits per heavy atom. The van der Waals surface area contributed by atoms with Crippen LogP contribution >= 0.6 is 23.5 Å². The maximum atomic E-state index is 15.2. The maximum Gasteiger partial charge on any atom is 0.329 e. The van der Waals surface area contributed by atoms with E-state index >= 15 is 4.79 Å². The zero-order chi connectivity index (χ0) is 52.7. The number of likely N-dealkylation sites (N-methyl/N-ethyl adjacent to an activating group) is 2. The molecular weight excluding hydrogens is 981 g/mol. The van der Waals surface area contributed by atoms with Gasteiger partial charge < -0.3 is 51.1 Å². The number of urea groups is 2. The zero-order valence-corrected chi connectivity index (χ0v) is 41.6. The fourth-order valence-corrected chi connectivity index (χ4v) is 12.7. The Morgan fingerprint density at radius 2 is 1.08 bits per heavy atom. The van der Waals surface area contributed by atoms with E-state index in [4.69, 9.17) is 0 Å². The van der Waals surface area contributed by atoms with Crippen LogP contribution in [0.25, 0.3) is 0 Å². The Kier molecular flexibility index (Phi) is 15.0. The van der Waals surface area contributed by atoms with Crippen LogP contribution in [0.15, 0.2) is 60.7 Å². The summed E-state index contributed by atoms with van der Waals surface area (Å²) in [7, 11) is 0. The molecule has 5 saturated heterocycles. The van der Waals surface area contributed by atoms with Gasteiger partial charge in [-0.25, -0.2) is 19.2 Å². The van der Waals surface area contributed by atoms with Crippen LogP contribution in [0.2, 0.25) is 0 Å². The van der Waals surface area contributed by atoms with E-state index in [0.717, 1.165) is 28.4 Å². The van der Waals surface area contributed by atoms with Crippen molar-refractivity contribution >= 4 is 94.8 Å². The lowest BCUT2D eigenvalue weighted by molar-refractivity contribution is -0.163. The Bertz CT molecular complexity index is 2610. The fourth-order valence-electron chi connectivity index (χ4n) is 9.46. The van der Waals surface area contributed by atoms with Crippen LogP contribution < -0.4 is 21.3 Å². The second-order valence-electron chi connectivity index (χ2n) is 18.4. The molecule has 5 aliphatic rings. The molecule has 6 N–H and O–H groups in total. The van der Waals surface area contributed by atoms with Gasteiger partial charge in [0.25, 0.3) is 0 Å². The molecule has 0 radical (unpaired) electrons. The molecule has 72 heavy (non-hydrogen) atoms. The summed E-state index contributed by atoms with van der Waals surface area (Å²) in [5, 5.41) is 28.9. The number of benzene rings is 2. The van der Waals surface area contributed by atoms with E-state index < -0.39 is 128 Å². The van der Waals surface area contributed by atoms with Gasteiger partial charge in [-0.05, 0) is 52.7 Å². The van der Waals surface area contributed by atoms with Gasteiger partial charge in [0.2, 0.25) is 23.6 Å². The molecular formula is C46H54N10O14S2. The summed E-state index contributed by atoms with van der Waals surface area (Å²) in [6, 6.07) is 3.60. The van der Waals surface area contributed by atoms with Gasteiger partial charge in [0.05, 0.1) is 0 Å². The van der Waals surface area contributed by atoms with Gasteiger partial charge in [-0.15, -0.1) is 23.5 Å². The fraction of sp³-hybridized carbons (Fsp3) is 0.478. The standard InChI is InChI=1S/C46H54N10O14S2/c1-7-51-19-21-53(37(63)35(51)61)43(69)49-25(23-15-11-9-12-16-23)31(57)47-27-33(59)55-29(45(3,4)71-39(27)55)34(60)56-30(42(67)68)46(5,6)72-40(56)28(41(65)66)48-32(58)26(24-17-13-10-14-18-24)50-44(70)54-22-20-52(8-2)36(62)38(54)64/h9-18,25-30,39-40H,7-8,19-22H2,1-6H3,(H,47,57)(H,48,58)(H,49,69)(H,50,70)(H,65,66)(H,67,68)/t25-,26-,27-,28+,29+,30?,39-,40-/m1/s1.